The molecule has 4 aromatic rings. The Bertz CT molecular complexity index is 1210. The highest BCUT2D eigenvalue weighted by molar-refractivity contribution is 7.98. The first kappa shape index (κ1) is 20.1. The van der Waals surface area contributed by atoms with E-state index >= 15 is 0 Å². The molecule has 9 heteroatoms. The summed E-state index contributed by atoms with van der Waals surface area (Å²) in [5.41, 5.74) is 3.56. The molecule has 0 aliphatic heterocycles. The molecule has 7 nitrogen and oxygen atoms in total. The molecular formula is C21H16ClN5O2S. The van der Waals surface area contributed by atoms with Gasteiger partial charge in [-0.2, -0.15) is 0 Å². The van der Waals surface area contributed by atoms with E-state index < -0.39 is 4.92 Å². The van der Waals surface area contributed by atoms with Crippen LogP contribution in [0.3, 0.4) is 0 Å². The summed E-state index contributed by atoms with van der Waals surface area (Å²) in [7, 11) is 0. The summed E-state index contributed by atoms with van der Waals surface area (Å²) in [6, 6.07) is 16.0. The number of halogens is 1. The van der Waals surface area contributed by atoms with Crippen LogP contribution in [0.15, 0.2) is 72.1 Å². The monoisotopic (exact) mass is 437 g/mol. The Morgan fingerprint density at radius 3 is 2.63 bits per heavy atom. The van der Waals surface area contributed by atoms with Crippen molar-refractivity contribution in [3.8, 4) is 17.1 Å². The number of nitrogens with zero attached hydrogens (tertiary/aromatic N) is 5. The number of nitro groups is 1. The molecule has 2 aromatic carbocycles. The van der Waals surface area contributed by atoms with Crippen molar-refractivity contribution in [2.75, 3.05) is 0 Å². The molecule has 0 saturated heterocycles. The van der Waals surface area contributed by atoms with Crippen LogP contribution in [0, 0.1) is 17.0 Å². The fourth-order valence-corrected chi connectivity index (χ4v) is 4.07. The number of non-ortho nitro benzene ring substituents is 1. The van der Waals surface area contributed by atoms with Crippen molar-refractivity contribution < 1.29 is 4.92 Å². The molecule has 0 radical (unpaired) electrons. The molecule has 0 bridgehead atoms. The van der Waals surface area contributed by atoms with E-state index in [-0.39, 0.29) is 5.69 Å². The Morgan fingerprint density at radius 1 is 1.10 bits per heavy atom. The number of aromatic nitrogens is 4. The summed E-state index contributed by atoms with van der Waals surface area (Å²) >= 11 is 7.82. The number of pyridine rings is 1. The number of benzene rings is 2. The molecular weight excluding hydrogens is 422 g/mol. The van der Waals surface area contributed by atoms with Gasteiger partial charge in [0.25, 0.3) is 5.69 Å². The molecule has 0 aliphatic rings. The van der Waals surface area contributed by atoms with Gasteiger partial charge in [0, 0.05) is 40.9 Å². The number of hydrogen-bond acceptors (Lipinski definition) is 6. The Labute approximate surface area is 181 Å². The molecule has 0 unspecified atom stereocenters. The molecule has 0 aliphatic carbocycles. The lowest BCUT2D eigenvalue weighted by atomic mass is 10.2. The van der Waals surface area contributed by atoms with E-state index in [9.17, 15) is 10.1 Å². The average molecular weight is 438 g/mol. The number of nitro benzene ring substituents is 1. The highest BCUT2D eigenvalue weighted by Gasteiger charge is 2.19. The SMILES string of the molecule is Cc1c(Cl)cccc1-n1c(SCc2cccc([N+](=O)[O-])c2)nnc1-c1ccncc1. The van der Waals surface area contributed by atoms with Gasteiger partial charge in [-0.15, -0.1) is 10.2 Å². The summed E-state index contributed by atoms with van der Waals surface area (Å²) in [6.07, 6.45) is 3.41. The third kappa shape index (κ3) is 4.05. The van der Waals surface area contributed by atoms with E-state index in [1.165, 1.54) is 17.8 Å². The normalized spacial score (nSPS) is 10.9. The highest BCUT2D eigenvalue weighted by atomic mass is 35.5. The van der Waals surface area contributed by atoms with E-state index in [2.05, 4.69) is 15.2 Å². The summed E-state index contributed by atoms with van der Waals surface area (Å²) in [5.74, 6) is 1.18. The maximum atomic E-state index is 11.1. The van der Waals surface area contributed by atoms with Crippen LogP contribution in [-0.4, -0.2) is 24.7 Å². The van der Waals surface area contributed by atoms with Crippen molar-refractivity contribution in [1.29, 1.82) is 0 Å². The Hall–Kier alpha value is -3.23. The zero-order valence-electron chi connectivity index (χ0n) is 15.9. The molecule has 0 atom stereocenters. The van der Waals surface area contributed by atoms with Gasteiger partial charge in [0.2, 0.25) is 0 Å². The second-order valence-electron chi connectivity index (χ2n) is 6.48. The van der Waals surface area contributed by atoms with Gasteiger partial charge < -0.3 is 0 Å². The van der Waals surface area contributed by atoms with Gasteiger partial charge in [-0.25, -0.2) is 0 Å². The van der Waals surface area contributed by atoms with Gasteiger partial charge in [0.15, 0.2) is 11.0 Å². The van der Waals surface area contributed by atoms with Crippen LogP contribution < -0.4 is 0 Å². The highest BCUT2D eigenvalue weighted by Crippen LogP contribution is 2.33. The van der Waals surface area contributed by atoms with Crippen molar-refractivity contribution in [2.24, 2.45) is 0 Å². The van der Waals surface area contributed by atoms with E-state index in [0.717, 1.165) is 22.4 Å². The Balaban J connectivity index is 1.75. The molecule has 150 valence electrons. The van der Waals surface area contributed by atoms with Crippen molar-refractivity contribution in [1.82, 2.24) is 19.7 Å². The lowest BCUT2D eigenvalue weighted by Gasteiger charge is -2.14. The molecule has 30 heavy (non-hydrogen) atoms. The second-order valence-corrected chi connectivity index (χ2v) is 7.83. The minimum Gasteiger partial charge on any atom is -0.270 e. The molecule has 0 saturated carbocycles. The standard InChI is InChI=1S/C21H16ClN5O2S/c1-14-18(22)6-3-7-19(14)26-20(16-8-10-23-11-9-16)24-25-21(26)30-13-15-4-2-5-17(12-15)27(28)29/h2-12H,13H2,1H3. The fraction of sp³-hybridized carbons (Fsp3) is 0.0952. The molecule has 0 spiro atoms. The molecule has 0 N–H and O–H groups in total. The smallest absolute Gasteiger partial charge is 0.269 e. The lowest BCUT2D eigenvalue weighted by Crippen LogP contribution is -2.02. The summed E-state index contributed by atoms with van der Waals surface area (Å²) < 4.78 is 1.96. The van der Waals surface area contributed by atoms with Crippen molar-refractivity contribution in [3.63, 3.8) is 0 Å². The van der Waals surface area contributed by atoms with E-state index in [1.807, 2.05) is 47.9 Å². The molecule has 2 aromatic heterocycles. The summed E-state index contributed by atoms with van der Waals surface area (Å²) in [5, 5.41) is 21.2. The quantitative estimate of drug-likeness (QED) is 0.225. The number of hydrogen-bond donors (Lipinski definition) is 0. The summed E-state index contributed by atoms with van der Waals surface area (Å²) in [4.78, 5) is 14.7. The van der Waals surface area contributed by atoms with E-state index in [1.54, 1.807) is 24.5 Å². The largest absolute Gasteiger partial charge is 0.270 e. The molecule has 2 heterocycles. The average Bonchev–Trinajstić information content (AvgIpc) is 3.19. The van der Waals surface area contributed by atoms with Gasteiger partial charge in [0.05, 0.1) is 10.6 Å². The van der Waals surface area contributed by atoms with Crippen molar-refractivity contribution >= 4 is 29.1 Å². The van der Waals surface area contributed by atoms with Crippen LogP contribution in [-0.2, 0) is 5.75 Å². The molecule has 4 rings (SSSR count). The molecule has 0 fully saturated rings. The van der Waals surface area contributed by atoms with Crippen LogP contribution in [0.4, 0.5) is 5.69 Å². The molecule has 0 amide bonds. The van der Waals surface area contributed by atoms with Crippen molar-refractivity contribution in [3.05, 3.63) is 93.3 Å². The minimum atomic E-state index is -0.395. The third-order valence-corrected chi connectivity index (χ3v) is 5.95. The van der Waals surface area contributed by atoms with E-state index in [0.29, 0.717) is 21.8 Å². The summed E-state index contributed by atoms with van der Waals surface area (Å²) in [6.45, 7) is 1.95. The second kappa shape index (κ2) is 8.64. The van der Waals surface area contributed by atoms with Crippen LogP contribution in [0.2, 0.25) is 5.02 Å². The first-order valence-corrected chi connectivity index (χ1v) is 10.4. The van der Waals surface area contributed by atoms with Gasteiger partial charge in [0.1, 0.15) is 0 Å². The number of rotatable bonds is 6. The van der Waals surface area contributed by atoms with Crippen LogP contribution >= 0.6 is 23.4 Å². The first-order valence-electron chi connectivity index (χ1n) is 9.02. The maximum Gasteiger partial charge on any atom is 0.269 e. The third-order valence-electron chi connectivity index (χ3n) is 4.54. The van der Waals surface area contributed by atoms with E-state index in [4.69, 9.17) is 11.6 Å². The lowest BCUT2D eigenvalue weighted by molar-refractivity contribution is -0.384. The van der Waals surface area contributed by atoms with Crippen LogP contribution in [0.5, 0.6) is 0 Å². The van der Waals surface area contributed by atoms with Crippen LogP contribution in [0.1, 0.15) is 11.1 Å². The van der Waals surface area contributed by atoms with Crippen molar-refractivity contribution in [2.45, 2.75) is 17.8 Å². The minimum absolute atomic E-state index is 0.0673. The Kier molecular flexibility index (Phi) is 5.78. The zero-order valence-corrected chi connectivity index (χ0v) is 17.5. The van der Waals surface area contributed by atoms with Gasteiger partial charge in [-0.1, -0.05) is 41.6 Å². The Morgan fingerprint density at radius 2 is 1.87 bits per heavy atom. The predicted molar refractivity (Wildman–Crippen MR) is 117 cm³/mol. The van der Waals surface area contributed by atoms with Gasteiger partial charge in [-0.3, -0.25) is 19.7 Å². The fourth-order valence-electron chi connectivity index (χ4n) is 3.01. The zero-order chi connectivity index (χ0) is 21.1. The predicted octanol–water partition coefficient (Wildman–Crippen LogP) is 5.49. The number of thioether (sulfide) groups is 1. The van der Waals surface area contributed by atoms with Gasteiger partial charge >= 0.3 is 0 Å². The maximum absolute atomic E-state index is 11.1. The van der Waals surface area contributed by atoms with Gasteiger partial charge in [-0.05, 0) is 42.3 Å². The first-order chi connectivity index (χ1) is 14.5. The topological polar surface area (TPSA) is 86.7 Å². The van der Waals surface area contributed by atoms with Crippen LogP contribution in [0.25, 0.3) is 17.1 Å².